The molecule has 0 bridgehead atoms. The maximum absolute atomic E-state index is 13.6. The van der Waals surface area contributed by atoms with E-state index in [9.17, 15) is 17.4 Å². The van der Waals surface area contributed by atoms with Crippen molar-refractivity contribution in [1.82, 2.24) is 9.55 Å². The summed E-state index contributed by atoms with van der Waals surface area (Å²) in [6.07, 6.45) is 12.1. The largest absolute Gasteiger partial charge is 0.491 e. The normalized spacial score (nSPS) is 14.4. The number of amides is 1. The van der Waals surface area contributed by atoms with Crippen molar-refractivity contribution >= 4 is 44.3 Å². The highest BCUT2D eigenvalue weighted by atomic mass is 32.2. The molecular formula is C41H54N4O7S2. The van der Waals surface area contributed by atoms with Gasteiger partial charge in [-0.3, -0.25) is 13.6 Å². The molecular weight excluding hydrogens is 725 g/mol. The third-order valence-electron chi connectivity index (χ3n) is 8.60. The van der Waals surface area contributed by atoms with Crippen molar-refractivity contribution in [3.05, 3.63) is 96.1 Å². The van der Waals surface area contributed by atoms with Crippen molar-refractivity contribution in [1.29, 1.82) is 0 Å². The number of anilines is 2. The van der Waals surface area contributed by atoms with Gasteiger partial charge < -0.3 is 24.3 Å². The number of hydrogen-bond acceptors (Lipinski definition) is 8. The van der Waals surface area contributed by atoms with Gasteiger partial charge in [0.25, 0.3) is 16.0 Å². The van der Waals surface area contributed by atoms with Gasteiger partial charge in [-0.15, -0.1) is 0 Å². The Morgan fingerprint density at radius 3 is 2.31 bits per heavy atom. The summed E-state index contributed by atoms with van der Waals surface area (Å²) in [5, 5.41) is 3.09. The Hall–Kier alpha value is -4.30. The van der Waals surface area contributed by atoms with Crippen LogP contribution < -0.4 is 15.0 Å². The van der Waals surface area contributed by atoms with Gasteiger partial charge >= 0.3 is 0 Å². The summed E-state index contributed by atoms with van der Waals surface area (Å²) in [6, 6.07) is 22.0. The summed E-state index contributed by atoms with van der Waals surface area (Å²) in [4.78, 5) is 21.0. The molecule has 1 aliphatic heterocycles. The molecule has 0 spiro atoms. The molecule has 1 aliphatic rings. The Labute approximate surface area is 323 Å². The maximum Gasteiger partial charge on any atom is 0.261 e. The van der Waals surface area contributed by atoms with Gasteiger partial charge in [-0.1, -0.05) is 45.4 Å². The quantitative estimate of drug-likeness (QED) is 0.0806. The topological polar surface area (TPSA) is 140 Å². The lowest BCUT2D eigenvalue weighted by Crippen LogP contribution is -2.28. The number of carbonyl (C=O) groups excluding carboxylic acids is 1. The number of ether oxygens (including phenoxy) is 2. The number of unbranched alkanes of at least 4 members (excludes halogenated alkanes) is 1. The van der Waals surface area contributed by atoms with Crippen LogP contribution >= 0.6 is 0 Å². The Morgan fingerprint density at radius 2 is 1.63 bits per heavy atom. The highest BCUT2D eigenvalue weighted by Gasteiger charge is 2.19. The second-order valence-corrected chi connectivity index (χ2v) is 16.1. The SMILES string of the molecule is CCCCOCCOc1ccc(-c2ccc3c(c2)/C=C(/C(=O)Nc2ccc(S(=O)Cc4cncn4CCC)cc2)CCCN3CCC)cc1.CS(=O)(=O)O. The fraction of sp³-hybridized carbons (Fsp3) is 0.415. The maximum atomic E-state index is 13.6. The molecule has 0 saturated carbocycles. The molecule has 2 heterocycles. The number of nitrogens with zero attached hydrogens (tertiary/aromatic N) is 3. The minimum atomic E-state index is -3.67. The van der Waals surface area contributed by atoms with Gasteiger partial charge in [-0.2, -0.15) is 8.42 Å². The van der Waals surface area contributed by atoms with Crippen LogP contribution in [0, 0.1) is 0 Å². The Bertz CT molecular complexity index is 1930. The second-order valence-electron chi connectivity index (χ2n) is 13.2. The lowest BCUT2D eigenvalue weighted by Gasteiger charge is -2.29. The van der Waals surface area contributed by atoms with E-state index in [1.807, 2.05) is 36.4 Å². The minimum absolute atomic E-state index is 0.113. The Morgan fingerprint density at radius 1 is 0.926 bits per heavy atom. The zero-order chi connectivity index (χ0) is 38.9. The highest BCUT2D eigenvalue weighted by Crippen LogP contribution is 2.33. The molecule has 3 aromatic carbocycles. The average molecular weight is 779 g/mol. The molecule has 1 amide bonds. The van der Waals surface area contributed by atoms with E-state index in [1.165, 1.54) is 0 Å². The molecule has 0 radical (unpaired) electrons. The molecule has 4 aromatic rings. The number of aryl methyl sites for hydroxylation is 1. The lowest BCUT2D eigenvalue weighted by atomic mass is 9.96. The van der Waals surface area contributed by atoms with Crippen LogP contribution in [-0.4, -0.2) is 71.8 Å². The Kier molecular flexibility index (Phi) is 16.9. The van der Waals surface area contributed by atoms with Gasteiger partial charge in [-0.05, 0) is 103 Å². The molecule has 1 atom stereocenters. The van der Waals surface area contributed by atoms with E-state index < -0.39 is 20.9 Å². The third kappa shape index (κ3) is 13.8. The van der Waals surface area contributed by atoms with Gasteiger partial charge in [0.05, 0.1) is 41.4 Å². The van der Waals surface area contributed by atoms with Crippen molar-refractivity contribution in [2.24, 2.45) is 0 Å². The first-order chi connectivity index (χ1) is 26.0. The van der Waals surface area contributed by atoms with Gasteiger partial charge in [-0.25, -0.2) is 4.98 Å². The summed E-state index contributed by atoms with van der Waals surface area (Å²) in [5.74, 6) is 1.11. The van der Waals surface area contributed by atoms with E-state index in [1.54, 1.807) is 12.5 Å². The smallest absolute Gasteiger partial charge is 0.261 e. The van der Waals surface area contributed by atoms with Crippen molar-refractivity contribution in [2.45, 2.75) is 76.5 Å². The minimum Gasteiger partial charge on any atom is -0.491 e. The molecule has 292 valence electrons. The summed E-state index contributed by atoms with van der Waals surface area (Å²) in [7, 11) is -4.88. The standard InChI is InChI=1S/C40H50N4O4S.CH4O3S/c1-4-7-23-47-24-25-48-37-15-10-31(11-16-37)32-12-19-39-34(26-32)27-33(9-8-22-43(39)20-5-2)40(45)42-35-13-17-38(18-14-35)49(46)29-36-28-41-30-44(36)21-6-3;1-5(2,3)4/h10-19,26-28,30H,4-9,20-25,29H2,1-3H3,(H,42,45);1H3,(H,2,3,4)/b33-27+;. The van der Waals surface area contributed by atoms with Crippen LogP contribution in [0.5, 0.6) is 5.75 Å². The molecule has 54 heavy (non-hydrogen) atoms. The third-order valence-corrected chi connectivity index (χ3v) is 9.96. The van der Waals surface area contributed by atoms with Crippen LogP contribution in [0.15, 0.2) is 89.7 Å². The van der Waals surface area contributed by atoms with Crippen LogP contribution in [0.25, 0.3) is 17.2 Å². The number of carbonyl (C=O) groups is 1. The molecule has 13 heteroatoms. The van der Waals surface area contributed by atoms with Crippen LogP contribution in [-0.2, 0) is 42.7 Å². The number of benzene rings is 3. The fourth-order valence-corrected chi connectivity index (χ4v) is 7.12. The number of hydrogen-bond donors (Lipinski definition) is 2. The summed E-state index contributed by atoms with van der Waals surface area (Å²) >= 11 is 0. The molecule has 0 fully saturated rings. The van der Waals surface area contributed by atoms with Crippen molar-refractivity contribution in [3.8, 4) is 16.9 Å². The van der Waals surface area contributed by atoms with E-state index in [0.29, 0.717) is 37.3 Å². The average Bonchev–Trinajstić information content (AvgIpc) is 3.57. The number of fused-ring (bicyclic) bond motifs is 1. The van der Waals surface area contributed by atoms with Crippen molar-refractivity contribution in [2.75, 3.05) is 49.4 Å². The highest BCUT2D eigenvalue weighted by molar-refractivity contribution is 7.85. The first-order valence-electron chi connectivity index (χ1n) is 18.6. The molecule has 11 nitrogen and oxygen atoms in total. The number of imidazole rings is 1. The monoisotopic (exact) mass is 778 g/mol. The van der Waals surface area contributed by atoms with E-state index in [-0.39, 0.29) is 5.91 Å². The fourth-order valence-electron chi connectivity index (χ4n) is 6.00. The molecule has 1 unspecified atom stereocenters. The summed E-state index contributed by atoms with van der Waals surface area (Å²) in [5.41, 5.74) is 6.74. The Balaban J connectivity index is 0.00000122. The van der Waals surface area contributed by atoms with E-state index in [4.69, 9.17) is 14.0 Å². The number of aromatic nitrogens is 2. The summed E-state index contributed by atoms with van der Waals surface area (Å²) < 4.78 is 52.5. The van der Waals surface area contributed by atoms with Crippen LogP contribution in [0.3, 0.4) is 0 Å². The van der Waals surface area contributed by atoms with Gasteiger partial charge in [0, 0.05) is 54.3 Å². The molecule has 0 saturated heterocycles. The predicted molar refractivity (Wildman–Crippen MR) is 218 cm³/mol. The predicted octanol–water partition coefficient (Wildman–Crippen LogP) is 8.00. The molecule has 5 rings (SSSR count). The lowest BCUT2D eigenvalue weighted by molar-refractivity contribution is -0.112. The zero-order valence-electron chi connectivity index (χ0n) is 31.8. The molecule has 0 aliphatic carbocycles. The van der Waals surface area contributed by atoms with Crippen LogP contribution in [0.2, 0.25) is 0 Å². The second kappa shape index (κ2) is 21.6. The van der Waals surface area contributed by atoms with E-state index in [0.717, 1.165) is 103 Å². The van der Waals surface area contributed by atoms with Crippen LogP contribution in [0.1, 0.15) is 70.6 Å². The first-order valence-corrected chi connectivity index (χ1v) is 21.8. The van der Waals surface area contributed by atoms with Gasteiger partial charge in [0.2, 0.25) is 0 Å². The zero-order valence-corrected chi connectivity index (χ0v) is 33.5. The number of rotatable bonds is 17. The van der Waals surface area contributed by atoms with Gasteiger partial charge in [0.1, 0.15) is 12.4 Å². The van der Waals surface area contributed by atoms with Gasteiger partial charge in [0.15, 0.2) is 0 Å². The molecule has 1 aromatic heterocycles. The summed E-state index contributed by atoms with van der Waals surface area (Å²) in [6.45, 7) is 11.1. The molecule has 2 N–H and O–H groups in total. The van der Waals surface area contributed by atoms with Crippen molar-refractivity contribution < 1.29 is 31.4 Å². The van der Waals surface area contributed by atoms with Crippen molar-refractivity contribution in [3.63, 3.8) is 0 Å². The first kappa shape index (κ1) is 42.4. The number of nitrogens with one attached hydrogen (secondary N) is 1. The van der Waals surface area contributed by atoms with E-state index in [2.05, 4.69) is 76.9 Å². The van der Waals surface area contributed by atoms with E-state index >= 15 is 0 Å². The van der Waals surface area contributed by atoms with Crippen LogP contribution in [0.4, 0.5) is 11.4 Å².